The lowest BCUT2D eigenvalue weighted by molar-refractivity contribution is 0.0881. The maximum absolute atomic E-state index is 12.2. The van der Waals surface area contributed by atoms with Gasteiger partial charge in [0.1, 0.15) is 5.69 Å². The third kappa shape index (κ3) is 2.53. The van der Waals surface area contributed by atoms with Gasteiger partial charge in [0.25, 0.3) is 5.91 Å². The number of nitrogens with one attached hydrogen (secondary N) is 1. The summed E-state index contributed by atoms with van der Waals surface area (Å²) in [6.45, 7) is 4.46. The predicted octanol–water partition coefficient (Wildman–Crippen LogP) is 2.63. The van der Waals surface area contributed by atoms with Gasteiger partial charge in [0, 0.05) is 13.1 Å². The van der Waals surface area contributed by atoms with Crippen LogP contribution in [-0.2, 0) is 7.05 Å². The quantitative estimate of drug-likeness (QED) is 0.897. The van der Waals surface area contributed by atoms with Gasteiger partial charge in [-0.25, -0.2) is 0 Å². The van der Waals surface area contributed by atoms with Gasteiger partial charge < -0.3 is 5.32 Å². The average molecular weight is 270 g/mol. The molecule has 0 bridgehead atoms. The standard InChI is InChI=1S/C13H20ClN3O/c1-8-5-4-6-11(9(8)2)16-13(18)12-10(14)7-15-17(12)3/h7-9,11H,4-6H2,1-3H3,(H,16,18)/t8-,9+,11+/m0/s1. The first-order valence-corrected chi connectivity index (χ1v) is 6.87. The summed E-state index contributed by atoms with van der Waals surface area (Å²) < 4.78 is 1.52. The van der Waals surface area contributed by atoms with Gasteiger partial charge in [0.05, 0.1) is 11.2 Å². The molecule has 5 heteroatoms. The third-order valence-electron chi connectivity index (χ3n) is 4.13. The molecule has 0 aromatic carbocycles. The zero-order valence-corrected chi connectivity index (χ0v) is 11.9. The average Bonchev–Trinajstić information content (AvgIpc) is 2.65. The molecule has 0 radical (unpaired) electrons. The van der Waals surface area contributed by atoms with E-state index in [-0.39, 0.29) is 11.9 Å². The smallest absolute Gasteiger partial charge is 0.271 e. The molecule has 1 heterocycles. The molecule has 1 amide bonds. The molecule has 18 heavy (non-hydrogen) atoms. The zero-order valence-electron chi connectivity index (χ0n) is 11.1. The summed E-state index contributed by atoms with van der Waals surface area (Å²) in [5, 5.41) is 7.50. The SMILES string of the molecule is C[C@@H]1[C@@H](C)CCC[C@H]1NC(=O)c1c(Cl)cnn1C. The molecule has 1 fully saturated rings. The maximum atomic E-state index is 12.2. The van der Waals surface area contributed by atoms with Crippen LogP contribution in [0.15, 0.2) is 6.20 Å². The van der Waals surface area contributed by atoms with E-state index in [0.717, 1.165) is 6.42 Å². The van der Waals surface area contributed by atoms with Crippen LogP contribution >= 0.6 is 11.6 Å². The number of rotatable bonds is 2. The highest BCUT2D eigenvalue weighted by Gasteiger charge is 2.29. The van der Waals surface area contributed by atoms with Gasteiger partial charge in [-0.3, -0.25) is 9.48 Å². The lowest BCUT2D eigenvalue weighted by Gasteiger charge is -2.34. The van der Waals surface area contributed by atoms with Crippen molar-refractivity contribution in [3.05, 3.63) is 16.9 Å². The van der Waals surface area contributed by atoms with Crippen molar-refractivity contribution in [3.63, 3.8) is 0 Å². The molecule has 3 atom stereocenters. The van der Waals surface area contributed by atoms with Crippen molar-refractivity contribution in [3.8, 4) is 0 Å². The van der Waals surface area contributed by atoms with Crippen molar-refractivity contribution in [2.45, 2.75) is 39.2 Å². The van der Waals surface area contributed by atoms with Crippen molar-refractivity contribution in [1.29, 1.82) is 0 Å². The monoisotopic (exact) mass is 269 g/mol. The molecular weight excluding hydrogens is 250 g/mol. The van der Waals surface area contributed by atoms with Gasteiger partial charge in [0.2, 0.25) is 0 Å². The highest BCUT2D eigenvalue weighted by Crippen LogP contribution is 2.29. The molecule has 0 unspecified atom stereocenters. The van der Waals surface area contributed by atoms with Crippen LogP contribution in [0.25, 0.3) is 0 Å². The van der Waals surface area contributed by atoms with Crippen LogP contribution < -0.4 is 5.32 Å². The Morgan fingerprint density at radius 3 is 2.83 bits per heavy atom. The van der Waals surface area contributed by atoms with Crippen molar-refractivity contribution >= 4 is 17.5 Å². The van der Waals surface area contributed by atoms with Crippen LogP contribution in [0, 0.1) is 11.8 Å². The molecule has 100 valence electrons. The predicted molar refractivity (Wildman–Crippen MR) is 71.7 cm³/mol. The van der Waals surface area contributed by atoms with E-state index in [1.807, 2.05) is 0 Å². The van der Waals surface area contributed by atoms with E-state index >= 15 is 0 Å². The highest BCUT2D eigenvalue weighted by molar-refractivity contribution is 6.33. The number of hydrogen-bond donors (Lipinski definition) is 1. The second-order valence-electron chi connectivity index (χ2n) is 5.31. The van der Waals surface area contributed by atoms with Gasteiger partial charge in [-0.2, -0.15) is 5.10 Å². The Labute approximate surface area is 113 Å². The Morgan fingerprint density at radius 1 is 1.50 bits per heavy atom. The summed E-state index contributed by atoms with van der Waals surface area (Å²) in [7, 11) is 1.73. The summed E-state index contributed by atoms with van der Waals surface area (Å²) >= 11 is 5.98. The Bertz CT molecular complexity index is 424. The van der Waals surface area contributed by atoms with E-state index < -0.39 is 0 Å². The number of carbonyl (C=O) groups is 1. The number of carbonyl (C=O) groups excluding carboxylic acids is 1. The van der Waals surface area contributed by atoms with E-state index in [9.17, 15) is 4.79 Å². The van der Waals surface area contributed by atoms with Gasteiger partial charge in [-0.05, 0) is 18.3 Å². The van der Waals surface area contributed by atoms with Crippen LogP contribution in [0.3, 0.4) is 0 Å². The number of hydrogen-bond acceptors (Lipinski definition) is 2. The summed E-state index contributed by atoms with van der Waals surface area (Å²) in [5.74, 6) is 1.05. The van der Waals surface area contributed by atoms with E-state index in [1.54, 1.807) is 7.05 Å². The van der Waals surface area contributed by atoms with Gasteiger partial charge >= 0.3 is 0 Å². The van der Waals surface area contributed by atoms with Crippen LogP contribution in [-0.4, -0.2) is 21.7 Å². The van der Waals surface area contributed by atoms with Crippen molar-refractivity contribution in [1.82, 2.24) is 15.1 Å². The van der Waals surface area contributed by atoms with E-state index in [2.05, 4.69) is 24.3 Å². The fraction of sp³-hybridized carbons (Fsp3) is 0.692. The minimum Gasteiger partial charge on any atom is -0.348 e. The summed E-state index contributed by atoms with van der Waals surface area (Å²) in [6, 6.07) is 0.243. The Balaban J connectivity index is 2.08. The molecule has 1 aliphatic rings. The lowest BCUT2D eigenvalue weighted by Crippen LogP contribution is -2.44. The summed E-state index contributed by atoms with van der Waals surface area (Å²) in [6.07, 6.45) is 4.98. The number of halogens is 1. The molecule has 1 aliphatic carbocycles. The largest absolute Gasteiger partial charge is 0.348 e. The molecule has 2 rings (SSSR count). The molecule has 4 nitrogen and oxygen atoms in total. The van der Waals surface area contributed by atoms with Gasteiger partial charge in [-0.15, -0.1) is 0 Å². The van der Waals surface area contributed by atoms with Crippen LogP contribution in [0.1, 0.15) is 43.6 Å². The third-order valence-corrected chi connectivity index (χ3v) is 4.41. The highest BCUT2D eigenvalue weighted by atomic mass is 35.5. The zero-order chi connectivity index (χ0) is 13.3. The number of nitrogens with zero attached hydrogens (tertiary/aromatic N) is 2. The molecule has 0 saturated heterocycles. The topological polar surface area (TPSA) is 46.9 Å². The van der Waals surface area contributed by atoms with Gasteiger partial charge in [-0.1, -0.05) is 38.3 Å². The first kappa shape index (κ1) is 13.4. The minimum absolute atomic E-state index is 0.119. The Kier molecular flexibility index (Phi) is 3.95. The molecule has 1 aromatic heterocycles. The summed E-state index contributed by atoms with van der Waals surface area (Å²) in [5.41, 5.74) is 0.446. The first-order chi connectivity index (χ1) is 8.50. The second-order valence-corrected chi connectivity index (χ2v) is 5.72. The van der Waals surface area contributed by atoms with Crippen LogP contribution in [0.2, 0.25) is 5.02 Å². The molecular formula is C13H20ClN3O. The number of aryl methyl sites for hydroxylation is 1. The Morgan fingerprint density at radius 2 is 2.22 bits per heavy atom. The van der Waals surface area contributed by atoms with E-state index in [1.165, 1.54) is 23.7 Å². The molecule has 1 aromatic rings. The van der Waals surface area contributed by atoms with Crippen molar-refractivity contribution in [2.75, 3.05) is 0 Å². The molecule has 1 saturated carbocycles. The van der Waals surface area contributed by atoms with Crippen molar-refractivity contribution in [2.24, 2.45) is 18.9 Å². The van der Waals surface area contributed by atoms with E-state index in [0.29, 0.717) is 22.6 Å². The second kappa shape index (κ2) is 5.31. The van der Waals surface area contributed by atoms with Crippen LogP contribution in [0.4, 0.5) is 0 Å². The minimum atomic E-state index is -0.119. The van der Waals surface area contributed by atoms with Crippen LogP contribution in [0.5, 0.6) is 0 Å². The van der Waals surface area contributed by atoms with E-state index in [4.69, 9.17) is 11.6 Å². The first-order valence-electron chi connectivity index (χ1n) is 6.49. The fourth-order valence-electron chi connectivity index (χ4n) is 2.69. The molecule has 0 aliphatic heterocycles. The molecule has 0 spiro atoms. The number of amides is 1. The number of aromatic nitrogens is 2. The normalized spacial score (nSPS) is 28.1. The van der Waals surface area contributed by atoms with Gasteiger partial charge in [0.15, 0.2) is 0 Å². The molecule has 1 N–H and O–H groups in total. The fourth-order valence-corrected chi connectivity index (χ4v) is 2.94. The lowest BCUT2D eigenvalue weighted by atomic mass is 9.78. The maximum Gasteiger partial charge on any atom is 0.271 e. The Hall–Kier alpha value is -1.03. The summed E-state index contributed by atoms with van der Waals surface area (Å²) in [4.78, 5) is 12.2. The van der Waals surface area contributed by atoms with Crippen molar-refractivity contribution < 1.29 is 4.79 Å².